The van der Waals surface area contributed by atoms with Crippen molar-refractivity contribution < 1.29 is 65.4 Å². The third-order valence-electron chi connectivity index (χ3n) is 0.606. The zero-order valence-electron chi connectivity index (χ0n) is 4.72. The molecule has 0 unspecified atom stereocenters. The maximum absolute atomic E-state index is 2.97. The van der Waals surface area contributed by atoms with Crippen LogP contribution in [0, 0.1) is 12.3 Å². The quantitative estimate of drug-likeness (QED) is 0.634. The fourth-order valence-corrected chi connectivity index (χ4v) is 0.770. The normalized spacial score (nSPS) is 6.62. The second-order valence-corrected chi connectivity index (χ2v) is 2.25. The summed E-state index contributed by atoms with van der Waals surface area (Å²) in [6.07, 6.45) is 0. The van der Waals surface area contributed by atoms with E-state index in [1.54, 1.807) is 11.3 Å². The largest absolute Gasteiger partial charge is 0.301 e. The Labute approximate surface area is 104 Å². The van der Waals surface area contributed by atoms with Gasteiger partial charge in [0.2, 0.25) is 0 Å². The molecule has 0 nitrogen and oxygen atoms in total. The Kier molecular flexibility index (Phi) is 11.0. The summed E-state index contributed by atoms with van der Waals surface area (Å²) in [5.41, 5.74) is 0. The van der Waals surface area contributed by atoms with E-state index in [-0.39, 0.29) is 65.4 Å². The van der Waals surface area contributed by atoms with Crippen LogP contribution in [0.2, 0.25) is 0 Å². The first-order valence-electron chi connectivity index (χ1n) is 1.82. The van der Waals surface area contributed by atoms with Gasteiger partial charge in [-0.1, -0.05) is 6.92 Å². The molecule has 38 valence electrons. The van der Waals surface area contributed by atoms with Crippen molar-refractivity contribution in [2.24, 2.45) is 0 Å². The molecule has 0 amide bonds. The average Bonchev–Trinajstić information content (AvgIpc) is 1.86. The molecule has 1 aromatic heterocycles. The van der Waals surface area contributed by atoms with Gasteiger partial charge < -0.3 is 11.3 Å². The second-order valence-electron chi connectivity index (χ2n) is 1.16. The van der Waals surface area contributed by atoms with Crippen molar-refractivity contribution in [2.75, 3.05) is 0 Å². The van der Waals surface area contributed by atoms with Gasteiger partial charge in [-0.15, -0.1) is 5.38 Å². The molecule has 0 spiro atoms. The predicted octanol–water partition coefficient (Wildman–Crippen LogP) is 1.85. The zero-order chi connectivity index (χ0) is 4.41. The molecule has 0 atom stereocenters. The summed E-state index contributed by atoms with van der Waals surface area (Å²) in [5, 5.41) is 2.97. The SMILES string of the molecule is Cc1cc[c-]s1.[Y].[Y]. The van der Waals surface area contributed by atoms with E-state index in [1.165, 1.54) is 4.88 Å². The third kappa shape index (κ3) is 4.76. The minimum atomic E-state index is 0. The van der Waals surface area contributed by atoms with E-state index < -0.39 is 0 Å². The summed E-state index contributed by atoms with van der Waals surface area (Å²) < 4.78 is 0. The summed E-state index contributed by atoms with van der Waals surface area (Å²) in [5.74, 6) is 0. The second kappa shape index (κ2) is 7.02. The van der Waals surface area contributed by atoms with Gasteiger partial charge in [0.05, 0.1) is 0 Å². The van der Waals surface area contributed by atoms with Gasteiger partial charge in [0.1, 0.15) is 0 Å². The van der Waals surface area contributed by atoms with Crippen molar-refractivity contribution in [1.29, 1.82) is 0 Å². The molecular weight excluding hydrogens is 270 g/mol. The molecule has 0 N–H and O–H groups in total. The molecule has 0 bridgehead atoms. The molecule has 1 heterocycles. The fraction of sp³-hybridized carbons (Fsp3) is 0.200. The van der Waals surface area contributed by atoms with E-state index in [2.05, 4.69) is 12.3 Å². The Morgan fingerprint density at radius 1 is 1.50 bits per heavy atom. The van der Waals surface area contributed by atoms with Gasteiger partial charge in [-0.2, -0.15) is 10.9 Å². The molecular formula is C5H5SY2-. The monoisotopic (exact) mass is 275 g/mol. The van der Waals surface area contributed by atoms with Crippen LogP contribution in [0.3, 0.4) is 0 Å². The van der Waals surface area contributed by atoms with Crippen LogP contribution in [0.5, 0.6) is 0 Å². The molecule has 0 aliphatic rings. The zero-order valence-corrected chi connectivity index (χ0v) is 11.2. The summed E-state index contributed by atoms with van der Waals surface area (Å²) in [6.45, 7) is 2.07. The first-order valence-corrected chi connectivity index (χ1v) is 2.64. The van der Waals surface area contributed by atoms with Crippen molar-refractivity contribution in [1.82, 2.24) is 0 Å². The van der Waals surface area contributed by atoms with Crippen molar-refractivity contribution in [3.63, 3.8) is 0 Å². The van der Waals surface area contributed by atoms with Crippen molar-refractivity contribution in [3.8, 4) is 0 Å². The van der Waals surface area contributed by atoms with Crippen LogP contribution < -0.4 is 0 Å². The van der Waals surface area contributed by atoms with Crippen LogP contribution >= 0.6 is 11.3 Å². The Balaban J connectivity index is 0. The van der Waals surface area contributed by atoms with Gasteiger partial charge in [0, 0.05) is 65.4 Å². The molecule has 1 rings (SSSR count). The van der Waals surface area contributed by atoms with Crippen LogP contribution in [0.15, 0.2) is 12.1 Å². The van der Waals surface area contributed by atoms with E-state index in [9.17, 15) is 0 Å². The number of thiophene rings is 1. The van der Waals surface area contributed by atoms with Crippen LogP contribution in [0.4, 0.5) is 0 Å². The van der Waals surface area contributed by atoms with Gasteiger partial charge in [-0.05, 0) is 0 Å². The minimum Gasteiger partial charge on any atom is -0.301 e. The maximum atomic E-state index is 2.97. The van der Waals surface area contributed by atoms with E-state index in [1.807, 2.05) is 12.1 Å². The molecule has 0 aliphatic heterocycles. The van der Waals surface area contributed by atoms with Gasteiger partial charge in [0.15, 0.2) is 0 Å². The number of aryl methyl sites for hydroxylation is 1. The van der Waals surface area contributed by atoms with E-state index in [4.69, 9.17) is 0 Å². The van der Waals surface area contributed by atoms with Crippen molar-refractivity contribution >= 4 is 11.3 Å². The third-order valence-corrected chi connectivity index (χ3v) is 1.32. The molecule has 0 saturated carbocycles. The molecule has 8 heavy (non-hydrogen) atoms. The van der Waals surface area contributed by atoms with Gasteiger partial charge in [0.25, 0.3) is 0 Å². The molecule has 2 radical (unpaired) electrons. The van der Waals surface area contributed by atoms with Gasteiger partial charge >= 0.3 is 0 Å². The summed E-state index contributed by atoms with van der Waals surface area (Å²) in [6, 6.07) is 3.98. The van der Waals surface area contributed by atoms with Crippen molar-refractivity contribution in [3.05, 3.63) is 22.4 Å². The molecule has 0 aliphatic carbocycles. The Morgan fingerprint density at radius 3 is 2.25 bits per heavy atom. The minimum absolute atomic E-state index is 0. The van der Waals surface area contributed by atoms with E-state index >= 15 is 0 Å². The van der Waals surface area contributed by atoms with Crippen LogP contribution in [0.25, 0.3) is 0 Å². The molecule has 0 saturated heterocycles. The van der Waals surface area contributed by atoms with Gasteiger partial charge in [-0.25, -0.2) is 6.07 Å². The van der Waals surface area contributed by atoms with Gasteiger partial charge in [-0.3, -0.25) is 0 Å². The first kappa shape index (κ1) is 12.6. The average molecular weight is 275 g/mol. The predicted molar refractivity (Wildman–Crippen MR) is 27.9 cm³/mol. The first-order chi connectivity index (χ1) is 2.89. The topological polar surface area (TPSA) is 0 Å². The van der Waals surface area contributed by atoms with Crippen LogP contribution in [0.1, 0.15) is 4.88 Å². The number of hydrogen-bond acceptors (Lipinski definition) is 1. The maximum Gasteiger partial charge on any atom is 0 e. The summed E-state index contributed by atoms with van der Waals surface area (Å²) >= 11 is 1.65. The molecule has 0 fully saturated rings. The smallest absolute Gasteiger partial charge is 0 e. The fourth-order valence-electron chi connectivity index (χ4n) is 0.312. The number of hydrogen-bond donors (Lipinski definition) is 0. The number of rotatable bonds is 0. The standard InChI is InChI=1S/C5H5S.2Y/c1-5-3-2-4-6-5;;/h2-3H,1H3;;/q-1;;. The van der Waals surface area contributed by atoms with Crippen LogP contribution in [-0.4, -0.2) is 0 Å². The molecule has 3 heteroatoms. The summed E-state index contributed by atoms with van der Waals surface area (Å²) in [4.78, 5) is 1.33. The molecule has 1 aromatic rings. The van der Waals surface area contributed by atoms with E-state index in [0.717, 1.165) is 0 Å². The Bertz CT molecular complexity index is 114. The Hall–Kier alpha value is 1.91. The summed E-state index contributed by atoms with van der Waals surface area (Å²) in [7, 11) is 0. The van der Waals surface area contributed by atoms with Crippen molar-refractivity contribution in [2.45, 2.75) is 6.92 Å². The van der Waals surface area contributed by atoms with E-state index in [0.29, 0.717) is 0 Å². The van der Waals surface area contributed by atoms with Crippen LogP contribution in [-0.2, 0) is 65.4 Å². The Morgan fingerprint density at radius 2 is 2.12 bits per heavy atom. The molecule has 0 aromatic carbocycles.